The van der Waals surface area contributed by atoms with Crippen LogP contribution in [0, 0.1) is 0 Å². The van der Waals surface area contributed by atoms with Gasteiger partial charge in [-0.05, 0) is 97.7 Å². The topological polar surface area (TPSA) is 9.86 Å². The van der Waals surface area contributed by atoms with Crippen molar-refractivity contribution in [1.29, 1.82) is 0 Å². The predicted octanol–water partition coefficient (Wildman–Crippen LogP) is 14.7. The molecule has 2 aromatic heterocycles. The van der Waals surface area contributed by atoms with Gasteiger partial charge in [0, 0.05) is 32.6 Å². The van der Waals surface area contributed by atoms with Crippen LogP contribution >= 0.6 is 0 Å². The molecule has 0 unspecified atom stereocenters. The summed E-state index contributed by atoms with van der Waals surface area (Å²) in [5, 5.41) is 12.6. The number of aromatic nitrogens is 2. The molecule has 2 heteroatoms. The van der Waals surface area contributed by atoms with E-state index in [1.165, 1.54) is 104 Å². The number of para-hydroxylation sites is 3. The van der Waals surface area contributed by atoms with Gasteiger partial charge in [0.2, 0.25) is 0 Å². The Labute approximate surface area is 323 Å². The Balaban J connectivity index is 1.19. The lowest BCUT2D eigenvalue weighted by atomic mass is 9.90. The molecular weight excluding hydrogens is 677 g/mol. The molecule has 0 saturated heterocycles. The normalized spacial score (nSPS) is 11.9. The zero-order valence-corrected chi connectivity index (χ0v) is 30.5. The monoisotopic (exact) mass is 710 g/mol. The first-order valence-corrected chi connectivity index (χ1v) is 19.4. The van der Waals surface area contributed by atoms with Gasteiger partial charge in [-0.3, -0.25) is 0 Å². The van der Waals surface area contributed by atoms with Crippen molar-refractivity contribution in [3.8, 4) is 33.6 Å². The summed E-state index contributed by atoms with van der Waals surface area (Å²) in [4.78, 5) is 0. The number of hydrogen-bond donors (Lipinski definition) is 0. The van der Waals surface area contributed by atoms with Crippen molar-refractivity contribution in [3.63, 3.8) is 0 Å². The molecule has 0 saturated carbocycles. The lowest BCUT2D eigenvalue weighted by Gasteiger charge is -2.19. The molecule has 0 fully saturated rings. The smallest absolute Gasteiger partial charge is 0.0553 e. The molecule has 0 radical (unpaired) electrons. The zero-order chi connectivity index (χ0) is 36.7. The lowest BCUT2D eigenvalue weighted by molar-refractivity contribution is 1.18. The minimum absolute atomic E-state index is 1.16. The van der Waals surface area contributed by atoms with Gasteiger partial charge >= 0.3 is 0 Å². The molecule has 56 heavy (non-hydrogen) atoms. The first kappa shape index (κ1) is 31.0. The standard InChI is InChI=1S/C54H34N2/c1-3-15-35(16-4-1)38-31-48-42-21-8-7-19-40(42)41-20-9-10-24-47(41)54(48)53(34-38)56-50-26-14-12-23-44(50)46-30-28-37(33-52(46)56)36-27-29-45-43-22-11-13-25-49(43)55(51(45)32-36)39-17-5-2-6-18-39/h1-34H. The van der Waals surface area contributed by atoms with E-state index in [4.69, 9.17) is 0 Å². The second-order valence-electron chi connectivity index (χ2n) is 14.9. The molecular formula is C54H34N2. The highest BCUT2D eigenvalue weighted by Crippen LogP contribution is 2.44. The van der Waals surface area contributed by atoms with Gasteiger partial charge in [-0.15, -0.1) is 0 Å². The Morgan fingerprint density at radius 1 is 0.232 bits per heavy atom. The van der Waals surface area contributed by atoms with Gasteiger partial charge in [0.25, 0.3) is 0 Å². The fourth-order valence-electron chi connectivity index (χ4n) is 9.40. The lowest BCUT2D eigenvalue weighted by Crippen LogP contribution is -1.98. The maximum Gasteiger partial charge on any atom is 0.0553 e. The highest BCUT2D eigenvalue weighted by atomic mass is 15.0. The molecule has 10 aromatic carbocycles. The van der Waals surface area contributed by atoms with E-state index in [1.54, 1.807) is 0 Å². The molecule has 0 bridgehead atoms. The van der Waals surface area contributed by atoms with E-state index in [0.717, 1.165) is 5.69 Å². The van der Waals surface area contributed by atoms with Crippen molar-refractivity contribution in [2.24, 2.45) is 0 Å². The number of benzene rings is 10. The van der Waals surface area contributed by atoms with Crippen LogP contribution in [-0.4, -0.2) is 9.13 Å². The molecule has 12 rings (SSSR count). The number of fused-ring (bicyclic) bond motifs is 12. The van der Waals surface area contributed by atoms with E-state index in [1.807, 2.05) is 0 Å². The van der Waals surface area contributed by atoms with Gasteiger partial charge in [-0.25, -0.2) is 0 Å². The molecule has 0 aliphatic carbocycles. The third kappa shape index (κ3) is 4.50. The maximum absolute atomic E-state index is 2.53. The maximum atomic E-state index is 2.53. The summed E-state index contributed by atoms with van der Waals surface area (Å²) in [7, 11) is 0. The van der Waals surface area contributed by atoms with E-state index in [0.29, 0.717) is 0 Å². The average molecular weight is 711 g/mol. The van der Waals surface area contributed by atoms with Crippen molar-refractivity contribution in [1.82, 2.24) is 9.13 Å². The van der Waals surface area contributed by atoms with Gasteiger partial charge < -0.3 is 9.13 Å². The van der Waals surface area contributed by atoms with Crippen LogP contribution in [0.4, 0.5) is 0 Å². The van der Waals surface area contributed by atoms with Crippen LogP contribution in [0.1, 0.15) is 0 Å². The Kier molecular flexibility index (Phi) is 6.66. The fraction of sp³-hybridized carbons (Fsp3) is 0. The van der Waals surface area contributed by atoms with Crippen molar-refractivity contribution < 1.29 is 0 Å². The summed E-state index contributed by atoms with van der Waals surface area (Å²) < 4.78 is 4.93. The summed E-state index contributed by atoms with van der Waals surface area (Å²) in [6, 6.07) is 75.8. The fourth-order valence-corrected chi connectivity index (χ4v) is 9.40. The van der Waals surface area contributed by atoms with Gasteiger partial charge in [0.15, 0.2) is 0 Å². The molecule has 0 N–H and O–H groups in total. The van der Waals surface area contributed by atoms with Gasteiger partial charge in [-0.2, -0.15) is 0 Å². The molecule has 2 heterocycles. The third-order valence-corrected chi connectivity index (χ3v) is 11.9. The van der Waals surface area contributed by atoms with Crippen LogP contribution < -0.4 is 0 Å². The Hall–Kier alpha value is -7.42. The summed E-state index contributed by atoms with van der Waals surface area (Å²) in [5.74, 6) is 0. The van der Waals surface area contributed by atoms with Gasteiger partial charge in [0.05, 0.1) is 27.8 Å². The van der Waals surface area contributed by atoms with E-state index in [9.17, 15) is 0 Å². The molecule has 12 aromatic rings. The zero-order valence-electron chi connectivity index (χ0n) is 30.5. The van der Waals surface area contributed by atoms with Crippen LogP contribution in [0.15, 0.2) is 206 Å². The first-order chi connectivity index (χ1) is 27.8. The van der Waals surface area contributed by atoms with Crippen LogP contribution in [0.3, 0.4) is 0 Å². The van der Waals surface area contributed by atoms with Crippen molar-refractivity contribution in [2.45, 2.75) is 0 Å². The highest BCUT2D eigenvalue weighted by molar-refractivity contribution is 6.28. The second kappa shape index (κ2) is 12.0. The van der Waals surface area contributed by atoms with Gasteiger partial charge in [0.1, 0.15) is 0 Å². The number of nitrogens with zero attached hydrogens (tertiary/aromatic N) is 2. The highest BCUT2D eigenvalue weighted by Gasteiger charge is 2.20. The van der Waals surface area contributed by atoms with E-state index in [2.05, 4.69) is 215 Å². The van der Waals surface area contributed by atoms with Gasteiger partial charge in [-0.1, -0.05) is 158 Å². The van der Waals surface area contributed by atoms with Crippen molar-refractivity contribution in [2.75, 3.05) is 0 Å². The number of rotatable bonds is 4. The summed E-state index contributed by atoms with van der Waals surface area (Å²) in [6.45, 7) is 0. The predicted molar refractivity (Wildman–Crippen MR) is 239 cm³/mol. The van der Waals surface area contributed by atoms with E-state index >= 15 is 0 Å². The second-order valence-corrected chi connectivity index (χ2v) is 14.9. The third-order valence-electron chi connectivity index (χ3n) is 11.9. The van der Waals surface area contributed by atoms with Crippen molar-refractivity contribution in [3.05, 3.63) is 206 Å². The van der Waals surface area contributed by atoms with Crippen LogP contribution in [0.5, 0.6) is 0 Å². The summed E-state index contributed by atoms with van der Waals surface area (Å²) in [5.41, 5.74) is 11.9. The number of hydrogen-bond acceptors (Lipinski definition) is 0. The molecule has 0 atom stereocenters. The minimum Gasteiger partial charge on any atom is -0.309 e. The molecule has 2 nitrogen and oxygen atoms in total. The molecule has 0 spiro atoms. The van der Waals surface area contributed by atoms with Crippen LogP contribution in [-0.2, 0) is 0 Å². The summed E-state index contributed by atoms with van der Waals surface area (Å²) in [6.07, 6.45) is 0. The largest absolute Gasteiger partial charge is 0.309 e. The summed E-state index contributed by atoms with van der Waals surface area (Å²) >= 11 is 0. The minimum atomic E-state index is 1.16. The Bertz CT molecular complexity index is 3510. The average Bonchev–Trinajstić information content (AvgIpc) is 3.79. The van der Waals surface area contributed by atoms with E-state index < -0.39 is 0 Å². The molecule has 0 aliphatic rings. The molecule has 0 amide bonds. The van der Waals surface area contributed by atoms with E-state index in [-0.39, 0.29) is 0 Å². The first-order valence-electron chi connectivity index (χ1n) is 19.4. The van der Waals surface area contributed by atoms with Crippen molar-refractivity contribution >= 4 is 75.9 Å². The Morgan fingerprint density at radius 2 is 0.679 bits per heavy atom. The quantitative estimate of drug-likeness (QED) is 0.161. The van der Waals surface area contributed by atoms with Crippen LogP contribution in [0.2, 0.25) is 0 Å². The Morgan fingerprint density at radius 3 is 1.30 bits per heavy atom. The SMILES string of the molecule is c1ccc(-c2cc(-n3c4ccccc4c4ccc(-c5ccc6c7ccccc7n(-c7ccccc7)c6c5)cc43)c3c4ccccc4c4ccccc4c3c2)cc1. The molecule has 260 valence electrons. The van der Waals surface area contributed by atoms with Crippen LogP contribution in [0.25, 0.3) is 110 Å². The molecule has 0 aliphatic heterocycles.